The fourth-order valence-electron chi connectivity index (χ4n) is 3.74. The molecule has 7 nitrogen and oxygen atoms in total. The highest BCUT2D eigenvalue weighted by atomic mass is 32.2. The second kappa shape index (κ2) is 9.85. The van der Waals surface area contributed by atoms with E-state index in [1.807, 2.05) is 12.1 Å². The van der Waals surface area contributed by atoms with E-state index in [0.717, 1.165) is 23.7 Å². The van der Waals surface area contributed by atoms with Crippen LogP contribution in [0.1, 0.15) is 33.8 Å². The number of thioether (sulfide) groups is 1. The second-order valence-electron chi connectivity index (χ2n) is 7.70. The van der Waals surface area contributed by atoms with Gasteiger partial charge in [-0.3, -0.25) is 20.6 Å². The summed E-state index contributed by atoms with van der Waals surface area (Å²) in [6.45, 7) is 0. The normalized spacial score (nSPS) is 16.3. The highest BCUT2D eigenvalue weighted by molar-refractivity contribution is 8.26. The molecule has 1 aromatic heterocycles. The van der Waals surface area contributed by atoms with Gasteiger partial charge in [0.2, 0.25) is 0 Å². The van der Waals surface area contributed by atoms with Crippen LogP contribution >= 0.6 is 11.8 Å². The second-order valence-corrected chi connectivity index (χ2v) is 8.75. The zero-order valence-electron chi connectivity index (χ0n) is 18.1. The summed E-state index contributed by atoms with van der Waals surface area (Å²) in [7, 11) is 1.45. The summed E-state index contributed by atoms with van der Waals surface area (Å²) in [4.78, 5) is 17.0. The van der Waals surface area contributed by atoms with E-state index < -0.39 is 11.7 Å². The summed E-state index contributed by atoms with van der Waals surface area (Å²) in [6, 6.07) is 14.9. The number of ether oxygens (including phenoxy) is 1. The van der Waals surface area contributed by atoms with Crippen LogP contribution in [-0.4, -0.2) is 28.2 Å². The molecule has 1 fully saturated rings. The van der Waals surface area contributed by atoms with Gasteiger partial charge in [0.1, 0.15) is 11.6 Å². The SMILES string of the molecule is COc1ccc(F)cc1-c1cnccc1C(=O)NC(=N)SC(=N)C1CC1c1ccc(C#N)cc1. The van der Waals surface area contributed by atoms with Crippen LogP contribution in [-0.2, 0) is 0 Å². The van der Waals surface area contributed by atoms with Gasteiger partial charge in [-0.05, 0) is 66.1 Å². The zero-order valence-corrected chi connectivity index (χ0v) is 18.9. The quantitative estimate of drug-likeness (QED) is 0.358. The lowest BCUT2D eigenvalue weighted by atomic mass is 10.0. The van der Waals surface area contributed by atoms with E-state index in [9.17, 15) is 9.18 Å². The lowest BCUT2D eigenvalue weighted by Crippen LogP contribution is -2.29. The number of aromatic nitrogens is 1. The fourth-order valence-corrected chi connectivity index (χ4v) is 4.51. The summed E-state index contributed by atoms with van der Waals surface area (Å²) >= 11 is 0.893. The van der Waals surface area contributed by atoms with Crippen LogP contribution in [0.15, 0.2) is 60.9 Å². The van der Waals surface area contributed by atoms with Gasteiger partial charge in [-0.1, -0.05) is 12.1 Å². The van der Waals surface area contributed by atoms with Crippen LogP contribution in [0.3, 0.4) is 0 Å². The Bertz CT molecular complexity index is 1320. The molecule has 0 saturated heterocycles. The number of nitrogens with zero attached hydrogens (tertiary/aromatic N) is 2. The van der Waals surface area contributed by atoms with E-state index in [0.29, 0.717) is 27.5 Å². The number of hydrogen-bond donors (Lipinski definition) is 3. The summed E-state index contributed by atoms with van der Waals surface area (Å²) in [5.41, 5.74) is 2.58. The Labute approximate surface area is 200 Å². The van der Waals surface area contributed by atoms with E-state index in [2.05, 4.69) is 16.4 Å². The van der Waals surface area contributed by atoms with Crippen molar-refractivity contribution in [3.8, 4) is 22.9 Å². The number of carbonyl (C=O) groups is 1. The van der Waals surface area contributed by atoms with Crippen LogP contribution in [0.25, 0.3) is 11.1 Å². The Kier molecular flexibility index (Phi) is 6.70. The highest BCUT2D eigenvalue weighted by Gasteiger charge is 2.42. The molecule has 1 aliphatic rings. The van der Waals surface area contributed by atoms with Gasteiger partial charge in [0, 0.05) is 29.4 Å². The van der Waals surface area contributed by atoms with E-state index in [4.69, 9.17) is 20.8 Å². The van der Waals surface area contributed by atoms with E-state index in [1.165, 1.54) is 43.8 Å². The monoisotopic (exact) mass is 473 g/mol. The molecule has 3 N–H and O–H groups in total. The van der Waals surface area contributed by atoms with Crippen LogP contribution in [0.2, 0.25) is 0 Å². The van der Waals surface area contributed by atoms with Gasteiger partial charge in [-0.25, -0.2) is 4.39 Å². The summed E-state index contributed by atoms with van der Waals surface area (Å²) in [5.74, 6) is -0.513. The molecular formula is C25H20FN5O2S. The van der Waals surface area contributed by atoms with Gasteiger partial charge in [-0.15, -0.1) is 0 Å². The van der Waals surface area contributed by atoms with Gasteiger partial charge < -0.3 is 10.1 Å². The smallest absolute Gasteiger partial charge is 0.257 e. The van der Waals surface area contributed by atoms with Crippen molar-refractivity contribution in [3.63, 3.8) is 0 Å². The first kappa shape index (κ1) is 23.1. The lowest BCUT2D eigenvalue weighted by Gasteiger charge is -2.13. The molecule has 1 aliphatic carbocycles. The van der Waals surface area contributed by atoms with Crippen molar-refractivity contribution in [2.75, 3.05) is 7.11 Å². The number of rotatable bonds is 5. The van der Waals surface area contributed by atoms with Crippen molar-refractivity contribution in [1.29, 1.82) is 16.1 Å². The molecule has 170 valence electrons. The van der Waals surface area contributed by atoms with Crippen LogP contribution in [0.4, 0.5) is 4.39 Å². The number of amidine groups is 1. The number of halogens is 1. The first-order valence-corrected chi connectivity index (χ1v) is 11.2. The molecule has 0 spiro atoms. The summed E-state index contributed by atoms with van der Waals surface area (Å²) in [6.07, 6.45) is 3.67. The molecule has 2 atom stereocenters. The third-order valence-electron chi connectivity index (χ3n) is 5.55. The summed E-state index contributed by atoms with van der Waals surface area (Å²) < 4.78 is 19.2. The average molecular weight is 474 g/mol. The lowest BCUT2D eigenvalue weighted by molar-refractivity contribution is 0.0978. The van der Waals surface area contributed by atoms with Gasteiger partial charge in [0.05, 0.1) is 29.3 Å². The highest BCUT2D eigenvalue weighted by Crippen LogP contribution is 2.50. The predicted molar refractivity (Wildman–Crippen MR) is 129 cm³/mol. The molecule has 9 heteroatoms. The third kappa shape index (κ3) is 4.97. The third-order valence-corrected chi connectivity index (χ3v) is 6.38. The molecule has 1 heterocycles. The van der Waals surface area contributed by atoms with Crippen LogP contribution in [0, 0.1) is 33.9 Å². The Balaban J connectivity index is 1.42. The minimum absolute atomic E-state index is 0.0248. The molecule has 4 rings (SSSR count). The number of nitriles is 1. The van der Waals surface area contributed by atoms with E-state index in [-0.39, 0.29) is 22.6 Å². The van der Waals surface area contributed by atoms with Crippen molar-refractivity contribution in [1.82, 2.24) is 10.3 Å². The predicted octanol–water partition coefficient (Wildman–Crippen LogP) is 4.95. The van der Waals surface area contributed by atoms with E-state index >= 15 is 0 Å². The number of pyridine rings is 1. The standard InChI is InChI=1S/C25H20FN5O2S/c1-33-22-7-6-16(26)10-19(22)21-13-30-9-8-17(21)24(32)31-25(29)34-23(28)20-11-18(20)15-4-2-14(12-27)3-5-15/h2-10,13,18,20,28H,11H2,1H3,(H2,29,31,32). The molecule has 2 aromatic carbocycles. The number of nitrogens with one attached hydrogen (secondary N) is 3. The maximum atomic E-state index is 13.9. The first-order valence-electron chi connectivity index (χ1n) is 10.4. The number of carbonyl (C=O) groups excluding carboxylic acids is 1. The zero-order chi connectivity index (χ0) is 24.2. The first-order chi connectivity index (χ1) is 16.4. The van der Waals surface area contributed by atoms with Gasteiger partial charge in [0.25, 0.3) is 5.91 Å². The average Bonchev–Trinajstić information content (AvgIpc) is 3.65. The van der Waals surface area contributed by atoms with Crippen molar-refractivity contribution < 1.29 is 13.9 Å². The van der Waals surface area contributed by atoms with Gasteiger partial charge in [-0.2, -0.15) is 5.26 Å². The molecule has 1 amide bonds. The van der Waals surface area contributed by atoms with Crippen molar-refractivity contribution >= 4 is 27.9 Å². The topological polar surface area (TPSA) is 123 Å². The Morgan fingerprint density at radius 2 is 1.97 bits per heavy atom. The summed E-state index contributed by atoms with van der Waals surface area (Å²) in [5, 5.41) is 28.1. The Morgan fingerprint density at radius 3 is 2.68 bits per heavy atom. The largest absolute Gasteiger partial charge is 0.496 e. The molecule has 0 aliphatic heterocycles. The number of benzene rings is 2. The van der Waals surface area contributed by atoms with Crippen molar-refractivity contribution in [3.05, 3.63) is 83.4 Å². The Morgan fingerprint density at radius 1 is 1.21 bits per heavy atom. The molecule has 0 bridgehead atoms. The molecule has 3 aromatic rings. The Hall–Kier alpha value is -4.03. The van der Waals surface area contributed by atoms with Crippen LogP contribution in [0.5, 0.6) is 5.75 Å². The molecular weight excluding hydrogens is 453 g/mol. The number of hydrogen-bond acceptors (Lipinski definition) is 7. The van der Waals surface area contributed by atoms with Gasteiger partial charge in [0.15, 0.2) is 5.17 Å². The molecule has 1 saturated carbocycles. The van der Waals surface area contributed by atoms with Gasteiger partial charge >= 0.3 is 0 Å². The molecule has 2 unspecified atom stereocenters. The minimum Gasteiger partial charge on any atom is -0.496 e. The maximum absolute atomic E-state index is 13.9. The molecule has 0 radical (unpaired) electrons. The number of methoxy groups -OCH3 is 1. The fraction of sp³-hybridized carbons (Fsp3) is 0.160. The maximum Gasteiger partial charge on any atom is 0.257 e. The van der Waals surface area contributed by atoms with Crippen molar-refractivity contribution in [2.24, 2.45) is 5.92 Å². The molecule has 34 heavy (non-hydrogen) atoms. The van der Waals surface area contributed by atoms with Crippen LogP contribution < -0.4 is 10.1 Å². The number of amides is 1. The minimum atomic E-state index is -0.562. The van der Waals surface area contributed by atoms with E-state index in [1.54, 1.807) is 12.1 Å². The van der Waals surface area contributed by atoms with Crippen molar-refractivity contribution in [2.45, 2.75) is 12.3 Å².